The summed E-state index contributed by atoms with van der Waals surface area (Å²) in [4.78, 5) is 14.3. The standard InChI is InChI=1S/C7H10N2O3S/c10-2-1-8-7-9-5(4-13-7)3-6(11)12/h4,10H,1-3H2,(H,8,9)(H,11,12). The molecule has 3 N–H and O–H groups in total. The summed E-state index contributed by atoms with van der Waals surface area (Å²) in [6, 6.07) is 0. The van der Waals surface area contributed by atoms with E-state index in [4.69, 9.17) is 10.2 Å². The number of thiazole rings is 1. The third-order valence-electron chi connectivity index (χ3n) is 1.27. The molecule has 6 heteroatoms. The fraction of sp³-hybridized carbons (Fsp3) is 0.429. The van der Waals surface area contributed by atoms with Gasteiger partial charge in [-0.05, 0) is 0 Å². The highest BCUT2D eigenvalue weighted by Crippen LogP contribution is 2.15. The molecule has 0 saturated heterocycles. The lowest BCUT2D eigenvalue weighted by molar-refractivity contribution is -0.136. The number of aliphatic hydroxyl groups is 1. The Labute approximate surface area is 79.1 Å². The molecule has 0 unspecified atom stereocenters. The van der Waals surface area contributed by atoms with E-state index in [1.807, 2.05) is 0 Å². The van der Waals surface area contributed by atoms with Gasteiger partial charge in [-0.25, -0.2) is 4.98 Å². The Balaban J connectivity index is 2.48. The van der Waals surface area contributed by atoms with E-state index in [-0.39, 0.29) is 13.0 Å². The van der Waals surface area contributed by atoms with Crippen molar-refractivity contribution in [3.63, 3.8) is 0 Å². The topological polar surface area (TPSA) is 82.5 Å². The van der Waals surface area contributed by atoms with Crippen LogP contribution in [0.15, 0.2) is 5.38 Å². The number of nitrogens with zero attached hydrogens (tertiary/aromatic N) is 1. The molecule has 72 valence electrons. The molecule has 0 radical (unpaired) electrons. The number of anilines is 1. The van der Waals surface area contributed by atoms with Crippen molar-refractivity contribution in [1.82, 2.24) is 4.98 Å². The van der Waals surface area contributed by atoms with Crippen LogP contribution in [0, 0.1) is 0 Å². The van der Waals surface area contributed by atoms with Gasteiger partial charge in [0.1, 0.15) is 0 Å². The monoisotopic (exact) mass is 202 g/mol. The third kappa shape index (κ3) is 3.39. The molecule has 0 aromatic carbocycles. The van der Waals surface area contributed by atoms with Gasteiger partial charge in [-0.1, -0.05) is 0 Å². The zero-order chi connectivity index (χ0) is 9.68. The Kier molecular flexibility index (Phi) is 3.66. The summed E-state index contributed by atoms with van der Waals surface area (Å²) in [6.07, 6.45) is -0.0582. The molecule has 0 bridgehead atoms. The second kappa shape index (κ2) is 4.78. The first-order chi connectivity index (χ1) is 6.22. The lowest BCUT2D eigenvalue weighted by Crippen LogP contribution is -2.05. The van der Waals surface area contributed by atoms with Gasteiger partial charge in [0.15, 0.2) is 5.13 Å². The quantitative estimate of drug-likeness (QED) is 0.634. The minimum absolute atomic E-state index is 0.0356. The van der Waals surface area contributed by atoms with E-state index < -0.39 is 5.97 Å². The van der Waals surface area contributed by atoms with Gasteiger partial charge < -0.3 is 15.5 Å². The highest BCUT2D eigenvalue weighted by molar-refractivity contribution is 7.13. The van der Waals surface area contributed by atoms with Gasteiger partial charge in [0.2, 0.25) is 0 Å². The van der Waals surface area contributed by atoms with Crippen molar-refractivity contribution >= 4 is 22.4 Å². The molecule has 1 aromatic rings. The van der Waals surface area contributed by atoms with Crippen LogP contribution >= 0.6 is 11.3 Å². The number of rotatable bonds is 5. The average molecular weight is 202 g/mol. The Morgan fingerprint density at radius 1 is 1.69 bits per heavy atom. The van der Waals surface area contributed by atoms with E-state index in [2.05, 4.69) is 10.3 Å². The number of aromatic nitrogens is 1. The van der Waals surface area contributed by atoms with Crippen molar-refractivity contribution in [1.29, 1.82) is 0 Å². The summed E-state index contributed by atoms with van der Waals surface area (Å²) in [5.74, 6) is -0.890. The Bertz CT molecular complexity index is 287. The van der Waals surface area contributed by atoms with Crippen molar-refractivity contribution in [3.8, 4) is 0 Å². The summed E-state index contributed by atoms with van der Waals surface area (Å²) in [6.45, 7) is 0.466. The molecular formula is C7H10N2O3S. The molecule has 0 aliphatic heterocycles. The third-order valence-corrected chi connectivity index (χ3v) is 2.12. The molecule has 0 aliphatic carbocycles. The van der Waals surface area contributed by atoms with Crippen LogP contribution in [0.1, 0.15) is 5.69 Å². The predicted octanol–water partition coefficient (Wildman–Crippen LogP) is 0.174. The summed E-state index contributed by atoms with van der Waals surface area (Å²) < 4.78 is 0. The van der Waals surface area contributed by atoms with Crippen molar-refractivity contribution in [2.45, 2.75) is 6.42 Å². The van der Waals surface area contributed by atoms with E-state index in [1.54, 1.807) is 5.38 Å². The highest BCUT2D eigenvalue weighted by Gasteiger charge is 2.04. The van der Waals surface area contributed by atoms with Crippen LogP contribution in [0.2, 0.25) is 0 Å². The average Bonchev–Trinajstić information content (AvgIpc) is 2.48. The molecular weight excluding hydrogens is 192 g/mol. The molecule has 0 saturated carbocycles. The SMILES string of the molecule is O=C(O)Cc1csc(NCCO)n1. The van der Waals surface area contributed by atoms with Crippen LogP contribution in [-0.2, 0) is 11.2 Å². The molecule has 0 aliphatic rings. The maximum atomic E-state index is 10.3. The van der Waals surface area contributed by atoms with Gasteiger partial charge >= 0.3 is 5.97 Å². The summed E-state index contributed by atoms with van der Waals surface area (Å²) in [5, 5.41) is 22.1. The molecule has 1 heterocycles. The van der Waals surface area contributed by atoms with Crippen LogP contribution in [0.25, 0.3) is 0 Å². The van der Waals surface area contributed by atoms with Crippen LogP contribution < -0.4 is 5.32 Å². The zero-order valence-corrected chi connectivity index (χ0v) is 7.67. The smallest absolute Gasteiger partial charge is 0.309 e. The Morgan fingerprint density at radius 2 is 2.46 bits per heavy atom. The fourth-order valence-electron chi connectivity index (χ4n) is 0.787. The van der Waals surface area contributed by atoms with Crippen LogP contribution in [0.5, 0.6) is 0 Å². The summed E-state index contributed by atoms with van der Waals surface area (Å²) in [5.41, 5.74) is 0.540. The second-order valence-electron chi connectivity index (χ2n) is 2.36. The summed E-state index contributed by atoms with van der Waals surface area (Å²) in [7, 11) is 0. The lowest BCUT2D eigenvalue weighted by Gasteiger charge is -1.96. The first kappa shape index (κ1) is 9.94. The molecule has 0 fully saturated rings. The minimum Gasteiger partial charge on any atom is -0.481 e. The van der Waals surface area contributed by atoms with Crippen LogP contribution in [0.3, 0.4) is 0 Å². The maximum absolute atomic E-state index is 10.3. The van der Waals surface area contributed by atoms with Gasteiger partial charge in [0, 0.05) is 11.9 Å². The molecule has 0 amide bonds. The van der Waals surface area contributed by atoms with Crippen LogP contribution in [0.4, 0.5) is 5.13 Å². The second-order valence-corrected chi connectivity index (χ2v) is 3.22. The zero-order valence-electron chi connectivity index (χ0n) is 6.86. The number of hydrogen-bond acceptors (Lipinski definition) is 5. The first-order valence-electron chi connectivity index (χ1n) is 3.73. The van der Waals surface area contributed by atoms with Gasteiger partial charge in [-0.3, -0.25) is 4.79 Å². The first-order valence-corrected chi connectivity index (χ1v) is 4.61. The Morgan fingerprint density at radius 3 is 3.08 bits per heavy atom. The van der Waals surface area contributed by atoms with Crippen molar-refractivity contribution < 1.29 is 15.0 Å². The summed E-state index contributed by atoms with van der Waals surface area (Å²) >= 11 is 1.33. The fourth-order valence-corrected chi connectivity index (χ4v) is 1.53. The molecule has 1 rings (SSSR count). The number of hydrogen-bond donors (Lipinski definition) is 3. The molecule has 0 spiro atoms. The highest BCUT2D eigenvalue weighted by atomic mass is 32.1. The van der Waals surface area contributed by atoms with E-state index in [0.29, 0.717) is 17.4 Å². The van der Waals surface area contributed by atoms with E-state index >= 15 is 0 Å². The van der Waals surface area contributed by atoms with E-state index in [9.17, 15) is 4.79 Å². The molecule has 5 nitrogen and oxygen atoms in total. The van der Waals surface area contributed by atoms with Gasteiger partial charge in [-0.2, -0.15) is 0 Å². The van der Waals surface area contributed by atoms with Gasteiger partial charge in [0.25, 0.3) is 0 Å². The maximum Gasteiger partial charge on any atom is 0.309 e. The number of nitrogens with one attached hydrogen (secondary N) is 1. The van der Waals surface area contributed by atoms with Crippen LogP contribution in [-0.4, -0.2) is 34.3 Å². The molecule has 13 heavy (non-hydrogen) atoms. The normalized spacial score (nSPS) is 9.92. The molecule has 0 atom stereocenters. The van der Waals surface area contributed by atoms with Crippen molar-refractivity contribution in [2.24, 2.45) is 0 Å². The minimum atomic E-state index is -0.890. The van der Waals surface area contributed by atoms with Crippen molar-refractivity contribution in [2.75, 3.05) is 18.5 Å². The molecule has 1 aromatic heterocycles. The number of carboxylic acid groups (broad SMARTS) is 1. The van der Waals surface area contributed by atoms with Gasteiger partial charge in [-0.15, -0.1) is 11.3 Å². The number of aliphatic carboxylic acids is 1. The Hall–Kier alpha value is -1.14. The van der Waals surface area contributed by atoms with E-state index in [1.165, 1.54) is 11.3 Å². The number of aliphatic hydroxyl groups excluding tert-OH is 1. The van der Waals surface area contributed by atoms with Crippen molar-refractivity contribution in [3.05, 3.63) is 11.1 Å². The number of carbonyl (C=O) groups is 1. The predicted molar refractivity (Wildman–Crippen MR) is 49.0 cm³/mol. The largest absolute Gasteiger partial charge is 0.481 e. The number of carboxylic acids is 1. The lowest BCUT2D eigenvalue weighted by atomic mass is 10.3. The van der Waals surface area contributed by atoms with E-state index in [0.717, 1.165) is 0 Å². The van der Waals surface area contributed by atoms with Gasteiger partial charge in [0.05, 0.1) is 18.7 Å².